The Bertz CT molecular complexity index is 759. The Morgan fingerprint density at radius 1 is 0.731 bits per heavy atom. The first-order chi connectivity index (χ1) is 12.2. The van der Waals surface area contributed by atoms with E-state index in [0.29, 0.717) is 31.2 Å². The summed E-state index contributed by atoms with van der Waals surface area (Å²) >= 11 is 6.85. The average molecular weight is 484 g/mol. The zero-order chi connectivity index (χ0) is 19.4. The maximum Gasteiger partial charge on any atom is 0.340 e. The normalized spacial score (nSPS) is 10.9. The molecule has 0 saturated carbocycles. The van der Waals surface area contributed by atoms with E-state index in [0.717, 1.165) is 0 Å². The molecular formula is C20H20Br2O4. The molecule has 0 aliphatic heterocycles. The smallest absolute Gasteiger partial charge is 0.340 e. The van der Waals surface area contributed by atoms with Crippen molar-refractivity contribution < 1.29 is 19.1 Å². The molecule has 6 heteroatoms. The zero-order valence-corrected chi connectivity index (χ0v) is 18.2. The molecule has 2 aromatic rings. The first kappa shape index (κ1) is 20.6. The van der Waals surface area contributed by atoms with Crippen LogP contribution in [-0.2, 0) is 9.47 Å². The third-order valence-corrected chi connectivity index (χ3v) is 4.73. The van der Waals surface area contributed by atoms with E-state index in [-0.39, 0.29) is 12.2 Å². The quantitative estimate of drug-likeness (QED) is 0.488. The van der Waals surface area contributed by atoms with Crippen LogP contribution in [-0.4, -0.2) is 24.1 Å². The lowest BCUT2D eigenvalue weighted by molar-refractivity contribution is 0.0364. The molecule has 0 amide bonds. The van der Waals surface area contributed by atoms with Crippen molar-refractivity contribution in [3.8, 4) is 11.1 Å². The zero-order valence-electron chi connectivity index (χ0n) is 15.0. The van der Waals surface area contributed by atoms with Gasteiger partial charge in [-0.3, -0.25) is 0 Å². The van der Waals surface area contributed by atoms with E-state index in [1.807, 2.05) is 12.1 Å². The Morgan fingerprint density at radius 2 is 1.08 bits per heavy atom. The average Bonchev–Trinajstić information content (AvgIpc) is 2.52. The predicted molar refractivity (Wildman–Crippen MR) is 108 cm³/mol. The van der Waals surface area contributed by atoms with Gasteiger partial charge >= 0.3 is 11.9 Å². The minimum Gasteiger partial charge on any atom is -0.459 e. The van der Waals surface area contributed by atoms with Gasteiger partial charge in [-0.2, -0.15) is 0 Å². The number of hydrogen-bond donors (Lipinski definition) is 0. The Labute approximate surface area is 170 Å². The van der Waals surface area contributed by atoms with Crippen LogP contribution in [0.25, 0.3) is 11.1 Å². The fourth-order valence-corrected chi connectivity index (χ4v) is 3.51. The molecule has 0 aromatic heterocycles. The molecule has 138 valence electrons. The number of hydrogen-bond acceptors (Lipinski definition) is 4. The summed E-state index contributed by atoms with van der Waals surface area (Å²) in [6.45, 7) is 7.16. The Morgan fingerprint density at radius 3 is 1.38 bits per heavy atom. The van der Waals surface area contributed by atoms with Crippen LogP contribution >= 0.6 is 31.9 Å². The fraction of sp³-hybridized carbons (Fsp3) is 0.300. The molecule has 26 heavy (non-hydrogen) atoms. The summed E-state index contributed by atoms with van der Waals surface area (Å²) in [5.41, 5.74) is 1.94. The third kappa shape index (κ3) is 4.74. The van der Waals surface area contributed by atoms with E-state index < -0.39 is 11.9 Å². The molecule has 0 bridgehead atoms. The summed E-state index contributed by atoms with van der Waals surface area (Å²) in [7, 11) is 0. The second-order valence-electron chi connectivity index (χ2n) is 6.23. The molecule has 0 radical (unpaired) electrons. The molecule has 4 nitrogen and oxygen atoms in total. The van der Waals surface area contributed by atoms with Gasteiger partial charge in [0.1, 0.15) is 0 Å². The van der Waals surface area contributed by atoms with Gasteiger partial charge in [-0.05, 0) is 82.8 Å². The molecule has 0 aliphatic carbocycles. The van der Waals surface area contributed by atoms with Crippen LogP contribution in [0.1, 0.15) is 48.4 Å². The molecule has 0 spiro atoms. The summed E-state index contributed by atoms with van der Waals surface area (Å²) in [5, 5.41) is 0. The summed E-state index contributed by atoms with van der Waals surface area (Å²) < 4.78 is 12.0. The van der Waals surface area contributed by atoms with Crippen molar-refractivity contribution in [2.45, 2.75) is 39.9 Å². The van der Waals surface area contributed by atoms with E-state index in [1.54, 1.807) is 52.0 Å². The Kier molecular flexibility index (Phi) is 7.01. The number of ether oxygens (including phenoxy) is 2. The summed E-state index contributed by atoms with van der Waals surface area (Å²) in [6, 6.07) is 10.7. The van der Waals surface area contributed by atoms with E-state index in [1.165, 1.54) is 0 Å². The maximum atomic E-state index is 12.6. The van der Waals surface area contributed by atoms with Crippen molar-refractivity contribution in [2.75, 3.05) is 0 Å². The minimum atomic E-state index is -0.453. The van der Waals surface area contributed by atoms with Crippen LogP contribution in [0.4, 0.5) is 0 Å². The maximum absolute atomic E-state index is 12.6. The van der Waals surface area contributed by atoms with Crippen molar-refractivity contribution in [1.29, 1.82) is 0 Å². The monoisotopic (exact) mass is 482 g/mol. The molecule has 2 rings (SSSR count). The molecule has 0 heterocycles. The summed E-state index contributed by atoms with van der Waals surface area (Å²) in [4.78, 5) is 25.3. The van der Waals surface area contributed by atoms with Gasteiger partial charge in [0.15, 0.2) is 0 Å². The molecule has 0 unspecified atom stereocenters. The highest BCUT2D eigenvalue weighted by Gasteiger charge is 2.24. The number of carbonyl (C=O) groups excluding carboxylic acids is 2. The summed E-state index contributed by atoms with van der Waals surface area (Å²) in [5.74, 6) is -0.906. The van der Waals surface area contributed by atoms with Crippen molar-refractivity contribution in [3.63, 3.8) is 0 Å². The van der Waals surface area contributed by atoms with Gasteiger partial charge < -0.3 is 9.47 Å². The van der Waals surface area contributed by atoms with Crippen molar-refractivity contribution >= 4 is 43.8 Å². The second kappa shape index (κ2) is 8.82. The van der Waals surface area contributed by atoms with Gasteiger partial charge in [-0.25, -0.2) is 9.59 Å². The van der Waals surface area contributed by atoms with Crippen LogP contribution < -0.4 is 0 Å². The number of halogens is 2. The minimum absolute atomic E-state index is 0.254. The first-order valence-corrected chi connectivity index (χ1v) is 9.80. The Hall–Kier alpha value is -1.66. The molecule has 0 saturated heterocycles. The van der Waals surface area contributed by atoms with Crippen molar-refractivity contribution in [1.82, 2.24) is 0 Å². The van der Waals surface area contributed by atoms with E-state index >= 15 is 0 Å². The Balaban J connectivity index is 2.67. The van der Waals surface area contributed by atoms with E-state index in [4.69, 9.17) is 9.47 Å². The SMILES string of the molecule is CC(C)OC(=O)c1c(Br)cccc1-c1cccc(Br)c1C(=O)OC(C)C. The number of esters is 2. The van der Waals surface area contributed by atoms with Crippen LogP contribution in [0.2, 0.25) is 0 Å². The molecular weight excluding hydrogens is 464 g/mol. The van der Waals surface area contributed by atoms with Crippen LogP contribution in [0.3, 0.4) is 0 Å². The van der Waals surface area contributed by atoms with Crippen LogP contribution in [0.5, 0.6) is 0 Å². The predicted octanol–water partition coefficient (Wildman–Crippen LogP) is 6.01. The van der Waals surface area contributed by atoms with Gasteiger partial charge in [-0.15, -0.1) is 0 Å². The van der Waals surface area contributed by atoms with E-state index in [9.17, 15) is 9.59 Å². The lowest BCUT2D eigenvalue weighted by Gasteiger charge is -2.17. The van der Waals surface area contributed by atoms with Crippen LogP contribution in [0, 0.1) is 0 Å². The number of benzene rings is 2. The second-order valence-corrected chi connectivity index (χ2v) is 7.94. The van der Waals surface area contributed by atoms with Gasteiger partial charge in [0.05, 0.1) is 23.3 Å². The van der Waals surface area contributed by atoms with Gasteiger partial charge in [-0.1, -0.05) is 24.3 Å². The van der Waals surface area contributed by atoms with Crippen molar-refractivity contribution in [2.24, 2.45) is 0 Å². The van der Waals surface area contributed by atoms with Gasteiger partial charge in [0.25, 0.3) is 0 Å². The standard InChI is InChI=1S/C20H20Br2O4/c1-11(2)25-19(23)17-13(7-5-9-15(17)21)14-8-6-10-16(22)18(14)20(24)26-12(3)4/h5-12H,1-4H3. The molecule has 0 aliphatic rings. The molecule has 0 atom stereocenters. The first-order valence-electron chi connectivity index (χ1n) is 8.21. The van der Waals surface area contributed by atoms with Crippen molar-refractivity contribution in [3.05, 3.63) is 56.5 Å². The van der Waals surface area contributed by atoms with Gasteiger partial charge in [0, 0.05) is 8.95 Å². The fourth-order valence-electron chi connectivity index (χ4n) is 2.46. The molecule has 2 aromatic carbocycles. The summed E-state index contributed by atoms with van der Waals surface area (Å²) in [6.07, 6.45) is -0.509. The highest BCUT2D eigenvalue weighted by Crippen LogP contribution is 2.35. The molecule has 0 fully saturated rings. The molecule has 0 N–H and O–H groups in total. The third-order valence-electron chi connectivity index (χ3n) is 3.41. The van der Waals surface area contributed by atoms with E-state index in [2.05, 4.69) is 31.9 Å². The lowest BCUT2D eigenvalue weighted by Crippen LogP contribution is -2.16. The highest BCUT2D eigenvalue weighted by molar-refractivity contribution is 9.10. The van der Waals surface area contributed by atoms with Gasteiger partial charge in [0.2, 0.25) is 0 Å². The lowest BCUT2D eigenvalue weighted by atomic mass is 9.95. The van der Waals surface area contributed by atoms with Crippen LogP contribution in [0.15, 0.2) is 45.3 Å². The number of rotatable bonds is 5. The topological polar surface area (TPSA) is 52.6 Å². The highest BCUT2D eigenvalue weighted by atomic mass is 79.9. The number of carbonyl (C=O) groups is 2. The largest absolute Gasteiger partial charge is 0.459 e.